The van der Waals surface area contributed by atoms with E-state index in [1.165, 1.54) is 22.3 Å². The van der Waals surface area contributed by atoms with Crippen LogP contribution in [0.3, 0.4) is 0 Å². The number of benzene rings is 1. The summed E-state index contributed by atoms with van der Waals surface area (Å²) in [6.07, 6.45) is 2.95. The molecule has 19 heavy (non-hydrogen) atoms. The van der Waals surface area contributed by atoms with Crippen molar-refractivity contribution in [2.75, 3.05) is 13.7 Å². The minimum atomic E-state index is -0.125. The third-order valence-corrected chi connectivity index (χ3v) is 4.44. The molecule has 3 heteroatoms. The van der Waals surface area contributed by atoms with Gasteiger partial charge in [0.15, 0.2) is 0 Å². The molecular weight excluding hydrogens is 238 g/mol. The van der Waals surface area contributed by atoms with E-state index in [0.717, 1.165) is 30.8 Å². The Kier molecular flexibility index (Phi) is 3.77. The zero-order valence-corrected chi connectivity index (χ0v) is 12.7. The lowest BCUT2D eigenvalue weighted by Gasteiger charge is -2.38. The highest BCUT2D eigenvalue weighted by molar-refractivity contribution is 5.58. The van der Waals surface area contributed by atoms with Crippen molar-refractivity contribution in [3.05, 3.63) is 22.3 Å². The second-order valence-corrected chi connectivity index (χ2v) is 5.81. The summed E-state index contributed by atoms with van der Waals surface area (Å²) in [6, 6.07) is 0. The molecule has 1 aliphatic rings. The van der Waals surface area contributed by atoms with Crippen LogP contribution >= 0.6 is 0 Å². The smallest absolute Gasteiger partial charge is 0.127 e. The van der Waals surface area contributed by atoms with Gasteiger partial charge in [0, 0.05) is 5.56 Å². The van der Waals surface area contributed by atoms with Crippen LogP contribution in [0, 0.1) is 20.8 Å². The number of rotatable bonds is 3. The average Bonchev–Trinajstić information content (AvgIpc) is 2.37. The molecule has 1 atom stereocenters. The molecule has 0 aromatic heterocycles. The monoisotopic (exact) mass is 263 g/mol. The molecule has 2 rings (SSSR count). The van der Waals surface area contributed by atoms with Crippen LogP contribution in [0.5, 0.6) is 11.5 Å². The maximum atomic E-state index is 6.32. The highest BCUT2D eigenvalue weighted by atomic mass is 16.5. The summed E-state index contributed by atoms with van der Waals surface area (Å²) in [5, 5.41) is 0. The van der Waals surface area contributed by atoms with E-state index in [2.05, 4.69) is 27.7 Å². The quantitative estimate of drug-likeness (QED) is 0.911. The molecule has 0 saturated carbocycles. The molecule has 0 aliphatic carbocycles. The van der Waals surface area contributed by atoms with E-state index in [-0.39, 0.29) is 5.60 Å². The first-order valence-electron chi connectivity index (χ1n) is 6.99. The van der Waals surface area contributed by atoms with Crippen molar-refractivity contribution >= 4 is 0 Å². The third kappa shape index (κ3) is 2.32. The van der Waals surface area contributed by atoms with E-state index in [1.54, 1.807) is 7.11 Å². The molecule has 1 aromatic carbocycles. The second kappa shape index (κ2) is 5.04. The molecule has 2 N–H and O–H groups in total. The maximum Gasteiger partial charge on any atom is 0.127 e. The molecule has 0 radical (unpaired) electrons. The van der Waals surface area contributed by atoms with Crippen molar-refractivity contribution < 1.29 is 9.47 Å². The van der Waals surface area contributed by atoms with Gasteiger partial charge in [-0.3, -0.25) is 0 Å². The van der Waals surface area contributed by atoms with Gasteiger partial charge < -0.3 is 15.2 Å². The first-order valence-corrected chi connectivity index (χ1v) is 6.99. The number of fused-ring (bicyclic) bond motifs is 1. The molecule has 1 unspecified atom stereocenters. The molecule has 0 bridgehead atoms. The summed E-state index contributed by atoms with van der Waals surface area (Å²) in [6.45, 7) is 9.17. The number of nitrogens with two attached hydrogens (primary N) is 1. The van der Waals surface area contributed by atoms with Crippen molar-refractivity contribution in [2.24, 2.45) is 5.73 Å². The Morgan fingerprint density at radius 2 is 1.89 bits per heavy atom. The summed E-state index contributed by atoms with van der Waals surface area (Å²) < 4.78 is 11.9. The van der Waals surface area contributed by atoms with Crippen molar-refractivity contribution in [2.45, 2.75) is 52.6 Å². The fraction of sp³-hybridized carbons (Fsp3) is 0.625. The average molecular weight is 263 g/mol. The van der Waals surface area contributed by atoms with Gasteiger partial charge in [-0.15, -0.1) is 0 Å². The summed E-state index contributed by atoms with van der Waals surface area (Å²) in [5.74, 6) is 2.06. The zero-order chi connectivity index (χ0) is 14.2. The van der Waals surface area contributed by atoms with Crippen LogP contribution in [0.1, 0.15) is 42.0 Å². The van der Waals surface area contributed by atoms with Crippen LogP contribution in [0.25, 0.3) is 0 Å². The molecule has 1 heterocycles. The maximum absolute atomic E-state index is 6.32. The van der Waals surface area contributed by atoms with Crippen molar-refractivity contribution in [1.29, 1.82) is 0 Å². The molecule has 0 amide bonds. The predicted molar refractivity (Wildman–Crippen MR) is 78.2 cm³/mol. The van der Waals surface area contributed by atoms with Crippen LogP contribution in [-0.2, 0) is 6.42 Å². The standard InChI is InChI=1S/C16H25NO2/c1-10-11(2)15-13(12(3)14(10)18-5)6-7-16(4,19-15)8-9-17/h6-9,17H2,1-5H3. The van der Waals surface area contributed by atoms with Crippen molar-refractivity contribution in [1.82, 2.24) is 0 Å². The zero-order valence-electron chi connectivity index (χ0n) is 12.7. The number of hydrogen-bond donors (Lipinski definition) is 1. The fourth-order valence-electron chi connectivity index (χ4n) is 3.07. The van der Waals surface area contributed by atoms with Gasteiger partial charge in [-0.1, -0.05) is 0 Å². The third-order valence-electron chi connectivity index (χ3n) is 4.44. The van der Waals surface area contributed by atoms with Crippen molar-refractivity contribution in [3.63, 3.8) is 0 Å². The lowest BCUT2D eigenvalue weighted by molar-refractivity contribution is 0.0574. The summed E-state index contributed by atoms with van der Waals surface area (Å²) in [4.78, 5) is 0. The van der Waals surface area contributed by atoms with E-state index in [9.17, 15) is 0 Å². The lowest BCUT2D eigenvalue weighted by Crippen LogP contribution is -2.39. The molecular formula is C16H25NO2. The first kappa shape index (κ1) is 14.2. The van der Waals surface area contributed by atoms with Gasteiger partial charge in [0.05, 0.1) is 7.11 Å². The Morgan fingerprint density at radius 1 is 1.21 bits per heavy atom. The fourth-order valence-corrected chi connectivity index (χ4v) is 3.07. The molecule has 0 saturated heterocycles. The van der Waals surface area contributed by atoms with Crippen molar-refractivity contribution in [3.8, 4) is 11.5 Å². The van der Waals surface area contributed by atoms with Gasteiger partial charge in [0.1, 0.15) is 17.1 Å². The molecule has 3 nitrogen and oxygen atoms in total. The number of ether oxygens (including phenoxy) is 2. The normalized spacial score (nSPS) is 21.8. The Morgan fingerprint density at radius 3 is 2.47 bits per heavy atom. The topological polar surface area (TPSA) is 44.5 Å². The van der Waals surface area contributed by atoms with E-state index >= 15 is 0 Å². The Balaban J connectivity index is 2.51. The van der Waals surface area contributed by atoms with Crippen LogP contribution < -0.4 is 15.2 Å². The van der Waals surface area contributed by atoms with Crippen LogP contribution in [0.15, 0.2) is 0 Å². The SMILES string of the molecule is COc1c(C)c(C)c2c(c1C)CCC(C)(CCN)O2. The molecule has 0 fully saturated rings. The predicted octanol–water partition coefficient (Wildman–Crippen LogP) is 3.05. The van der Waals surface area contributed by atoms with Gasteiger partial charge in [-0.05, 0) is 70.2 Å². The number of hydrogen-bond acceptors (Lipinski definition) is 3. The lowest BCUT2D eigenvalue weighted by atomic mass is 9.85. The Hall–Kier alpha value is -1.22. The Labute approximate surface area is 116 Å². The largest absolute Gasteiger partial charge is 0.496 e. The molecule has 1 aromatic rings. The molecule has 0 spiro atoms. The summed E-state index contributed by atoms with van der Waals surface area (Å²) in [7, 11) is 1.74. The van der Waals surface area contributed by atoms with Gasteiger partial charge >= 0.3 is 0 Å². The van der Waals surface area contributed by atoms with Gasteiger partial charge in [0.25, 0.3) is 0 Å². The minimum Gasteiger partial charge on any atom is -0.496 e. The summed E-state index contributed by atoms with van der Waals surface area (Å²) in [5.41, 5.74) is 10.5. The molecule has 106 valence electrons. The van der Waals surface area contributed by atoms with E-state index < -0.39 is 0 Å². The van der Waals surface area contributed by atoms with Crippen LogP contribution in [-0.4, -0.2) is 19.3 Å². The van der Waals surface area contributed by atoms with E-state index in [1.807, 2.05) is 0 Å². The van der Waals surface area contributed by atoms with Gasteiger partial charge in [-0.2, -0.15) is 0 Å². The van der Waals surface area contributed by atoms with Gasteiger partial charge in [-0.25, -0.2) is 0 Å². The number of methoxy groups -OCH3 is 1. The van der Waals surface area contributed by atoms with Crippen LogP contribution in [0.4, 0.5) is 0 Å². The van der Waals surface area contributed by atoms with E-state index in [4.69, 9.17) is 15.2 Å². The second-order valence-electron chi connectivity index (χ2n) is 5.81. The minimum absolute atomic E-state index is 0.125. The van der Waals surface area contributed by atoms with Crippen LogP contribution in [0.2, 0.25) is 0 Å². The summed E-state index contributed by atoms with van der Waals surface area (Å²) >= 11 is 0. The first-order chi connectivity index (χ1) is 8.93. The van der Waals surface area contributed by atoms with Gasteiger partial charge in [0.2, 0.25) is 0 Å². The Bertz CT molecular complexity index is 496. The highest BCUT2D eigenvalue weighted by Gasteiger charge is 2.33. The molecule has 1 aliphatic heterocycles. The highest BCUT2D eigenvalue weighted by Crippen LogP contribution is 2.44. The van der Waals surface area contributed by atoms with E-state index in [0.29, 0.717) is 6.54 Å².